The van der Waals surface area contributed by atoms with E-state index in [9.17, 15) is 4.79 Å². The lowest BCUT2D eigenvalue weighted by Crippen LogP contribution is -2.49. The minimum Gasteiger partial charge on any atom is -0.341 e. The predicted molar refractivity (Wildman–Crippen MR) is 109 cm³/mol. The van der Waals surface area contributed by atoms with Gasteiger partial charge in [0.05, 0.1) is 6.04 Å². The van der Waals surface area contributed by atoms with Crippen molar-refractivity contribution >= 4 is 30.7 Å². The summed E-state index contributed by atoms with van der Waals surface area (Å²) in [5.41, 5.74) is 0. The molecule has 25 heavy (non-hydrogen) atoms. The second kappa shape index (κ2) is 11.0. The van der Waals surface area contributed by atoms with Gasteiger partial charge in [-0.3, -0.25) is 4.79 Å². The number of carbonyl (C=O) groups is 1. The molecule has 6 heteroatoms. The molecule has 3 rings (SSSR count). The summed E-state index contributed by atoms with van der Waals surface area (Å²) in [4.78, 5) is 17.5. The van der Waals surface area contributed by atoms with Crippen molar-refractivity contribution in [2.75, 3.05) is 32.7 Å². The number of piperidine rings is 1. The predicted octanol–water partition coefficient (Wildman–Crippen LogP) is 3.33. The number of halogens is 2. The third-order valence-electron chi connectivity index (χ3n) is 6.50. The molecule has 0 aromatic heterocycles. The largest absolute Gasteiger partial charge is 0.341 e. The lowest BCUT2D eigenvalue weighted by Gasteiger charge is -2.35. The molecule has 0 aromatic carbocycles. The lowest BCUT2D eigenvalue weighted by atomic mass is 9.85. The van der Waals surface area contributed by atoms with E-state index in [2.05, 4.69) is 29.0 Å². The molecule has 1 amide bonds. The van der Waals surface area contributed by atoms with Crippen molar-refractivity contribution in [3.8, 4) is 0 Å². The first kappa shape index (κ1) is 23.0. The number of hydrogen-bond donors (Lipinski definition) is 1. The summed E-state index contributed by atoms with van der Waals surface area (Å²) >= 11 is 0. The van der Waals surface area contributed by atoms with E-state index >= 15 is 0 Å². The highest BCUT2D eigenvalue weighted by atomic mass is 35.5. The van der Waals surface area contributed by atoms with Gasteiger partial charge in [0.2, 0.25) is 5.91 Å². The van der Waals surface area contributed by atoms with Crippen LogP contribution in [0.5, 0.6) is 0 Å². The SMILES string of the molecule is CCN(CC)CC1CCN(C(=O)C2CC3CCCCC3N2)CC1.Cl.Cl. The number of amides is 1. The molecule has 2 saturated heterocycles. The Bertz CT molecular complexity index is 384. The molecule has 2 heterocycles. The first-order valence-electron chi connectivity index (χ1n) is 9.98. The van der Waals surface area contributed by atoms with Gasteiger partial charge in [-0.25, -0.2) is 0 Å². The molecule has 3 aliphatic rings. The summed E-state index contributed by atoms with van der Waals surface area (Å²) in [5.74, 6) is 1.93. The Hall–Kier alpha value is -0.0300. The molecule has 1 saturated carbocycles. The second-order valence-electron chi connectivity index (χ2n) is 7.86. The zero-order valence-corrected chi connectivity index (χ0v) is 17.5. The first-order valence-corrected chi connectivity index (χ1v) is 9.98. The molecular formula is C19H37Cl2N3O. The second-order valence-corrected chi connectivity index (χ2v) is 7.86. The van der Waals surface area contributed by atoms with Crippen molar-refractivity contribution in [2.45, 2.75) is 70.9 Å². The van der Waals surface area contributed by atoms with Crippen LogP contribution in [0.15, 0.2) is 0 Å². The number of nitrogens with zero attached hydrogens (tertiary/aromatic N) is 2. The Balaban J connectivity index is 0.00000156. The Morgan fingerprint density at radius 2 is 1.68 bits per heavy atom. The van der Waals surface area contributed by atoms with Crippen molar-refractivity contribution in [1.82, 2.24) is 15.1 Å². The molecule has 0 spiro atoms. The molecule has 0 aromatic rings. The van der Waals surface area contributed by atoms with E-state index in [0.29, 0.717) is 11.9 Å². The van der Waals surface area contributed by atoms with Gasteiger partial charge in [-0.05, 0) is 57.0 Å². The molecule has 148 valence electrons. The molecule has 0 radical (unpaired) electrons. The number of likely N-dealkylation sites (tertiary alicyclic amines) is 1. The maximum absolute atomic E-state index is 12.8. The summed E-state index contributed by atoms with van der Waals surface area (Å²) < 4.78 is 0. The zero-order chi connectivity index (χ0) is 16.2. The summed E-state index contributed by atoms with van der Waals surface area (Å²) in [7, 11) is 0. The average Bonchev–Trinajstić information content (AvgIpc) is 3.03. The van der Waals surface area contributed by atoms with Crippen molar-refractivity contribution in [2.24, 2.45) is 11.8 Å². The van der Waals surface area contributed by atoms with E-state index in [1.807, 2.05) is 0 Å². The van der Waals surface area contributed by atoms with Gasteiger partial charge in [-0.2, -0.15) is 0 Å². The van der Waals surface area contributed by atoms with E-state index in [0.717, 1.165) is 44.4 Å². The monoisotopic (exact) mass is 393 g/mol. The van der Waals surface area contributed by atoms with Gasteiger partial charge in [0.1, 0.15) is 0 Å². The summed E-state index contributed by atoms with van der Waals surface area (Å²) in [5, 5.41) is 3.65. The van der Waals surface area contributed by atoms with Gasteiger partial charge in [0.15, 0.2) is 0 Å². The fourth-order valence-electron chi connectivity index (χ4n) is 4.91. The fourth-order valence-corrected chi connectivity index (χ4v) is 4.91. The van der Waals surface area contributed by atoms with Crippen LogP contribution in [0.3, 0.4) is 0 Å². The number of fused-ring (bicyclic) bond motifs is 1. The van der Waals surface area contributed by atoms with Crippen LogP contribution in [0.25, 0.3) is 0 Å². The van der Waals surface area contributed by atoms with E-state index in [-0.39, 0.29) is 30.9 Å². The Morgan fingerprint density at radius 3 is 2.28 bits per heavy atom. The smallest absolute Gasteiger partial charge is 0.239 e. The van der Waals surface area contributed by atoms with Crippen molar-refractivity contribution in [3.63, 3.8) is 0 Å². The van der Waals surface area contributed by atoms with Gasteiger partial charge in [-0.1, -0.05) is 26.7 Å². The van der Waals surface area contributed by atoms with E-state index in [1.165, 1.54) is 45.1 Å². The van der Waals surface area contributed by atoms with E-state index in [1.54, 1.807) is 0 Å². The normalized spacial score (nSPS) is 29.7. The van der Waals surface area contributed by atoms with Crippen molar-refractivity contribution in [3.05, 3.63) is 0 Å². The van der Waals surface area contributed by atoms with Crippen LogP contribution in [0, 0.1) is 11.8 Å². The fraction of sp³-hybridized carbons (Fsp3) is 0.947. The molecule has 3 fully saturated rings. The maximum Gasteiger partial charge on any atom is 0.239 e. The van der Waals surface area contributed by atoms with Gasteiger partial charge < -0.3 is 15.1 Å². The highest BCUT2D eigenvalue weighted by molar-refractivity contribution is 5.85. The van der Waals surface area contributed by atoms with Crippen LogP contribution in [0.4, 0.5) is 0 Å². The van der Waals surface area contributed by atoms with Crippen LogP contribution in [0.1, 0.15) is 58.8 Å². The Labute approximate surface area is 166 Å². The lowest BCUT2D eigenvalue weighted by molar-refractivity contribution is -0.134. The third kappa shape index (κ3) is 5.72. The van der Waals surface area contributed by atoms with Crippen LogP contribution in [-0.2, 0) is 4.79 Å². The molecule has 4 nitrogen and oxygen atoms in total. The van der Waals surface area contributed by atoms with Gasteiger partial charge in [0, 0.05) is 25.7 Å². The van der Waals surface area contributed by atoms with Crippen molar-refractivity contribution < 1.29 is 4.79 Å². The molecule has 2 aliphatic heterocycles. The number of carbonyl (C=O) groups excluding carboxylic acids is 1. The third-order valence-corrected chi connectivity index (χ3v) is 6.50. The van der Waals surface area contributed by atoms with Crippen LogP contribution in [0.2, 0.25) is 0 Å². The topological polar surface area (TPSA) is 35.6 Å². The van der Waals surface area contributed by atoms with Crippen molar-refractivity contribution in [1.29, 1.82) is 0 Å². The molecule has 3 unspecified atom stereocenters. The Kier molecular flexibility index (Phi) is 10.1. The highest BCUT2D eigenvalue weighted by Crippen LogP contribution is 2.34. The Morgan fingerprint density at radius 1 is 1.04 bits per heavy atom. The minimum absolute atomic E-state index is 0. The van der Waals surface area contributed by atoms with Crippen LogP contribution >= 0.6 is 24.8 Å². The first-order chi connectivity index (χ1) is 11.2. The van der Waals surface area contributed by atoms with Gasteiger partial charge >= 0.3 is 0 Å². The van der Waals surface area contributed by atoms with Crippen LogP contribution < -0.4 is 5.32 Å². The molecule has 1 N–H and O–H groups in total. The van der Waals surface area contributed by atoms with Gasteiger partial charge in [-0.15, -0.1) is 24.8 Å². The molecule has 1 aliphatic carbocycles. The number of rotatable bonds is 5. The molecule has 0 bridgehead atoms. The van der Waals surface area contributed by atoms with Crippen LogP contribution in [-0.4, -0.2) is 60.5 Å². The average molecular weight is 394 g/mol. The molecule has 3 atom stereocenters. The maximum atomic E-state index is 12.8. The minimum atomic E-state index is 0. The summed E-state index contributed by atoms with van der Waals surface area (Å²) in [6, 6.07) is 0.736. The van der Waals surface area contributed by atoms with Gasteiger partial charge in [0.25, 0.3) is 0 Å². The number of hydrogen-bond acceptors (Lipinski definition) is 3. The quantitative estimate of drug-likeness (QED) is 0.777. The standard InChI is InChI=1S/C19H35N3O.2ClH/c1-3-21(4-2)14-15-9-11-22(12-10-15)19(23)18-13-16-7-5-6-8-17(16)20-18;;/h15-18,20H,3-14H2,1-2H3;2*1H. The zero-order valence-electron chi connectivity index (χ0n) is 15.9. The highest BCUT2D eigenvalue weighted by Gasteiger charge is 2.40. The number of nitrogens with one attached hydrogen (secondary N) is 1. The van der Waals surface area contributed by atoms with E-state index < -0.39 is 0 Å². The molecular weight excluding hydrogens is 357 g/mol. The summed E-state index contributed by atoms with van der Waals surface area (Å²) in [6.45, 7) is 9.92. The summed E-state index contributed by atoms with van der Waals surface area (Å²) in [6.07, 6.45) is 8.76. The van der Waals surface area contributed by atoms with E-state index in [4.69, 9.17) is 0 Å².